The number of nitrogens with one attached hydrogen (secondary N) is 4. The van der Waals surface area contributed by atoms with Crippen molar-refractivity contribution in [3.05, 3.63) is 18.2 Å². The molecule has 2 rings (SSSR count). The number of aromatic amines is 1. The van der Waals surface area contributed by atoms with Crippen LogP contribution in [-0.4, -0.2) is 52.2 Å². The Hall–Kier alpha value is -2.91. The summed E-state index contributed by atoms with van der Waals surface area (Å²) in [6.07, 6.45) is 5.50. The average Bonchev–Trinajstić information content (AvgIpc) is 3.25. The molecule has 0 saturated carbocycles. The van der Waals surface area contributed by atoms with Crippen LogP contribution in [0.2, 0.25) is 0 Å². The molecule has 2 heterocycles. The molecule has 0 spiro atoms. The van der Waals surface area contributed by atoms with Crippen molar-refractivity contribution in [2.24, 2.45) is 5.73 Å². The summed E-state index contributed by atoms with van der Waals surface area (Å²) in [6.45, 7) is 0.377. The number of nitrogens with zero attached hydrogens (tertiary/aromatic N) is 1. The first-order chi connectivity index (χ1) is 12.5. The maximum Gasteiger partial charge on any atom is 0.243 e. The number of rotatable bonds is 10. The maximum absolute atomic E-state index is 12.4. The van der Waals surface area contributed by atoms with Crippen molar-refractivity contribution in [2.75, 3.05) is 6.54 Å². The minimum absolute atomic E-state index is 0.172. The Morgan fingerprint density at radius 2 is 2.15 bits per heavy atom. The first-order valence-corrected chi connectivity index (χ1v) is 8.58. The Labute approximate surface area is 150 Å². The molecule has 2 unspecified atom stereocenters. The van der Waals surface area contributed by atoms with Gasteiger partial charge in [-0.25, -0.2) is 4.98 Å². The van der Waals surface area contributed by atoms with Crippen molar-refractivity contribution in [1.82, 2.24) is 25.9 Å². The lowest BCUT2D eigenvalue weighted by atomic mass is 10.1. The first kappa shape index (κ1) is 19.4. The average molecular weight is 364 g/mol. The zero-order valence-electron chi connectivity index (χ0n) is 14.4. The predicted molar refractivity (Wildman–Crippen MR) is 91.4 cm³/mol. The molecule has 2 atom stereocenters. The Morgan fingerprint density at radius 3 is 2.77 bits per heavy atom. The highest BCUT2D eigenvalue weighted by atomic mass is 16.2. The number of carbonyl (C=O) groups excluding carboxylic acids is 4. The number of nitrogens with two attached hydrogens (primary N) is 1. The van der Waals surface area contributed by atoms with Crippen molar-refractivity contribution < 1.29 is 19.2 Å². The van der Waals surface area contributed by atoms with Crippen LogP contribution in [0.4, 0.5) is 0 Å². The molecule has 1 aliphatic rings. The van der Waals surface area contributed by atoms with Crippen molar-refractivity contribution >= 4 is 23.6 Å². The third kappa shape index (κ3) is 6.19. The monoisotopic (exact) mass is 364 g/mol. The Balaban J connectivity index is 1.87. The van der Waals surface area contributed by atoms with Crippen LogP contribution >= 0.6 is 0 Å². The zero-order chi connectivity index (χ0) is 18.9. The summed E-state index contributed by atoms with van der Waals surface area (Å²) in [5.74, 6) is -1.27. The SMILES string of the molecule is NC(=O)CCCCNC(=O)C(Cc1cnc[nH]1)NC(=O)C1CCC(=O)N1. The number of hydrogen-bond donors (Lipinski definition) is 5. The molecule has 0 bridgehead atoms. The van der Waals surface area contributed by atoms with Crippen LogP contribution in [0.15, 0.2) is 12.5 Å². The van der Waals surface area contributed by atoms with Crippen LogP contribution in [0.25, 0.3) is 0 Å². The maximum atomic E-state index is 12.4. The third-order valence-corrected chi connectivity index (χ3v) is 4.07. The fourth-order valence-electron chi connectivity index (χ4n) is 2.67. The molecule has 26 heavy (non-hydrogen) atoms. The van der Waals surface area contributed by atoms with E-state index in [0.717, 1.165) is 0 Å². The zero-order valence-corrected chi connectivity index (χ0v) is 14.4. The quantitative estimate of drug-likeness (QED) is 0.319. The van der Waals surface area contributed by atoms with Crippen molar-refractivity contribution in [1.29, 1.82) is 0 Å². The second-order valence-corrected chi connectivity index (χ2v) is 6.22. The summed E-state index contributed by atoms with van der Waals surface area (Å²) in [6, 6.07) is -1.41. The summed E-state index contributed by atoms with van der Waals surface area (Å²) in [4.78, 5) is 53.5. The molecule has 6 N–H and O–H groups in total. The number of H-pyrrole nitrogens is 1. The normalized spacial score (nSPS) is 17.4. The molecule has 142 valence electrons. The van der Waals surface area contributed by atoms with Gasteiger partial charge in [-0.3, -0.25) is 19.2 Å². The van der Waals surface area contributed by atoms with E-state index in [-0.39, 0.29) is 36.5 Å². The van der Waals surface area contributed by atoms with Crippen LogP contribution in [0.3, 0.4) is 0 Å². The highest BCUT2D eigenvalue weighted by Crippen LogP contribution is 2.08. The van der Waals surface area contributed by atoms with Gasteiger partial charge in [0.2, 0.25) is 23.6 Å². The standard InChI is InChI=1S/C16H24N6O4/c17-13(23)3-1-2-6-19-15(25)12(7-10-8-18-9-20-10)22-16(26)11-4-5-14(24)21-11/h8-9,11-12H,1-7H2,(H2,17,23)(H,18,20)(H,19,25)(H,21,24)(H,22,26). The van der Waals surface area contributed by atoms with Gasteiger partial charge in [0.15, 0.2) is 0 Å². The molecule has 10 nitrogen and oxygen atoms in total. The third-order valence-electron chi connectivity index (χ3n) is 4.07. The van der Waals surface area contributed by atoms with Crippen LogP contribution in [0.1, 0.15) is 37.8 Å². The molecule has 1 aromatic rings. The van der Waals surface area contributed by atoms with Gasteiger partial charge in [-0.2, -0.15) is 0 Å². The van der Waals surface area contributed by atoms with Gasteiger partial charge in [-0.05, 0) is 19.3 Å². The number of aromatic nitrogens is 2. The van der Waals surface area contributed by atoms with Gasteiger partial charge in [-0.15, -0.1) is 0 Å². The van der Waals surface area contributed by atoms with E-state index in [4.69, 9.17) is 5.73 Å². The number of hydrogen-bond acceptors (Lipinski definition) is 5. The lowest BCUT2D eigenvalue weighted by Gasteiger charge is -2.20. The van der Waals surface area contributed by atoms with Gasteiger partial charge >= 0.3 is 0 Å². The van der Waals surface area contributed by atoms with Gasteiger partial charge in [-0.1, -0.05) is 0 Å². The van der Waals surface area contributed by atoms with Crippen molar-refractivity contribution in [3.63, 3.8) is 0 Å². The van der Waals surface area contributed by atoms with E-state index in [1.807, 2.05) is 0 Å². The van der Waals surface area contributed by atoms with E-state index in [1.165, 1.54) is 6.33 Å². The van der Waals surface area contributed by atoms with E-state index >= 15 is 0 Å². The lowest BCUT2D eigenvalue weighted by molar-refractivity contribution is -0.130. The molecule has 0 radical (unpaired) electrons. The lowest BCUT2D eigenvalue weighted by Crippen LogP contribution is -2.52. The summed E-state index contributed by atoms with van der Waals surface area (Å²) in [7, 11) is 0. The number of amides is 4. The summed E-state index contributed by atoms with van der Waals surface area (Å²) < 4.78 is 0. The van der Waals surface area contributed by atoms with Crippen molar-refractivity contribution in [2.45, 2.75) is 50.6 Å². The number of primary amides is 1. The van der Waals surface area contributed by atoms with Gasteiger partial charge in [0, 0.05) is 37.7 Å². The van der Waals surface area contributed by atoms with Gasteiger partial charge in [0.1, 0.15) is 12.1 Å². The molecule has 1 aromatic heterocycles. The minimum Gasteiger partial charge on any atom is -0.370 e. The van der Waals surface area contributed by atoms with Crippen LogP contribution < -0.4 is 21.7 Å². The van der Waals surface area contributed by atoms with E-state index in [2.05, 4.69) is 25.9 Å². The number of unbranched alkanes of at least 4 members (excludes halogenated alkanes) is 1. The van der Waals surface area contributed by atoms with Crippen LogP contribution in [0, 0.1) is 0 Å². The second-order valence-electron chi connectivity index (χ2n) is 6.22. The summed E-state index contributed by atoms with van der Waals surface area (Å²) >= 11 is 0. The number of imidazole rings is 1. The smallest absolute Gasteiger partial charge is 0.243 e. The topological polar surface area (TPSA) is 159 Å². The first-order valence-electron chi connectivity index (χ1n) is 8.58. The molecule has 10 heteroatoms. The summed E-state index contributed by atoms with van der Waals surface area (Å²) in [5.41, 5.74) is 5.77. The van der Waals surface area contributed by atoms with Gasteiger partial charge < -0.3 is 26.7 Å². The number of carbonyl (C=O) groups is 4. The molecule has 1 fully saturated rings. The fraction of sp³-hybridized carbons (Fsp3) is 0.562. The highest BCUT2D eigenvalue weighted by Gasteiger charge is 2.30. The largest absolute Gasteiger partial charge is 0.370 e. The fourth-order valence-corrected chi connectivity index (χ4v) is 2.67. The van der Waals surface area contributed by atoms with E-state index in [1.54, 1.807) is 6.20 Å². The molecule has 4 amide bonds. The minimum atomic E-state index is -0.795. The Bertz CT molecular complexity index is 645. The predicted octanol–water partition coefficient (Wildman–Crippen LogP) is -1.51. The van der Waals surface area contributed by atoms with E-state index < -0.39 is 12.1 Å². The molecule has 0 aromatic carbocycles. The van der Waals surface area contributed by atoms with Crippen LogP contribution in [-0.2, 0) is 25.6 Å². The van der Waals surface area contributed by atoms with Crippen LogP contribution in [0.5, 0.6) is 0 Å². The van der Waals surface area contributed by atoms with Gasteiger partial charge in [0.05, 0.1) is 6.33 Å². The van der Waals surface area contributed by atoms with E-state index in [9.17, 15) is 19.2 Å². The van der Waals surface area contributed by atoms with E-state index in [0.29, 0.717) is 37.9 Å². The molecule has 0 aliphatic carbocycles. The Morgan fingerprint density at radius 1 is 1.35 bits per heavy atom. The summed E-state index contributed by atoms with van der Waals surface area (Å²) in [5, 5.41) is 8.02. The molecule has 1 aliphatic heterocycles. The Kier molecular flexibility index (Phi) is 7.12. The van der Waals surface area contributed by atoms with Gasteiger partial charge in [0.25, 0.3) is 0 Å². The highest BCUT2D eigenvalue weighted by molar-refractivity contribution is 5.94. The van der Waals surface area contributed by atoms with Crippen molar-refractivity contribution in [3.8, 4) is 0 Å². The molecular weight excluding hydrogens is 340 g/mol. The molecular formula is C16H24N6O4. The molecule has 1 saturated heterocycles. The second kappa shape index (κ2) is 9.54.